The zero-order chi connectivity index (χ0) is 16.1. The summed E-state index contributed by atoms with van der Waals surface area (Å²) in [7, 11) is 0. The van der Waals surface area contributed by atoms with Crippen molar-refractivity contribution >= 4 is 5.91 Å². The first-order chi connectivity index (χ1) is 11.2. The van der Waals surface area contributed by atoms with Crippen LogP contribution >= 0.6 is 0 Å². The average molecular weight is 312 g/mol. The van der Waals surface area contributed by atoms with Gasteiger partial charge in [-0.1, -0.05) is 6.07 Å². The van der Waals surface area contributed by atoms with E-state index in [0.717, 1.165) is 31.6 Å². The van der Waals surface area contributed by atoms with Gasteiger partial charge in [0, 0.05) is 50.3 Å². The smallest absolute Gasteiger partial charge is 0.224 e. The van der Waals surface area contributed by atoms with Crippen molar-refractivity contribution in [3.63, 3.8) is 0 Å². The van der Waals surface area contributed by atoms with Gasteiger partial charge in [-0.25, -0.2) is 4.98 Å². The van der Waals surface area contributed by atoms with Crippen molar-refractivity contribution in [3.8, 4) is 0 Å². The molecule has 5 heteroatoms. The molecule has 2 aromatic heterocycles. The summed E-state index contributed by atoms with van der Waals surface area (Å²) in [4.78, 5) is 22.8. The van der Waals surface area contributed by atoms with E-state index in [0.29, 0.717) is 18.9 Å². The normalized spacial score (nSPS) is 18.1. The third kappa shape index (κ3) is 4.41. The van der Waals surface area contributed by atoms with Gasteiger partial charge in [0.25, 0.3) is 0 Å². The molecule has 1 atom stereocenters. The molecule has 0 radical (unpaired) electrons. The molecule has 122 valence electrons. The first-order valence-electron chi connectivity index (χ1n) is 8.36. The van der Waals surface area contributed by atoms with Crippen LogP contribution in [-0.4, -0.2) is 38.4 Å². The van der Waals surface area contributed by atoms with Crippen molar-refractivity contribution in [1.82, 2.24) is 19.4 Å². The molecule has 0 spiro atoms. The fourth-order valence-electron chi connectivity index (χ4n) is 3.21. The molecule has 1 fully saturated rings. The Labute approximate surface area is 137 Å². The van der Waals surface area contributed by atoms with Crippen LogP contribution in [0.4, 0.5) is 0 Å². The van der Waals surface area contributed by atoms with Crippen molar-refractivity contribution in [3.05, 3.63) is 48.3 Å². The summed E-state index contributed by atoms with van der Waals surface area (Å²) < 4.78 is 1.96. The predicted octanol–water partition coefficient (Wildman–Crippen LogP) is 2.46. The number of hydrogen-bond donors (Lipinski definition) is 0. The lowest BCUT2D eigenvalue weighted by atomic mass is 9.91. The van der Waals surface area contributed by atoms with Crippen LogP contribution in [0.5, 0.6) is 0 Å². The van der Waals surface area contributed by atoms with Gasteiger partial charge in [-0.15, -0.1) is 0 Å². The third-order valence-electron chi connectivity index (χ3n) is 4.51. The van der Waals surface area contributed by atoms with Crippen LogP contribution in [0, 0.1) is 12.8 Å². The van der Waals surface area contributed by atoms with Crippen molar-refractivity contribution < 1.29 is 4.79 Å². The Morgan fingerprint density at radius 3 is 3.04 bits per heavy atom. The molecule has 0 saturated carbocycles. The Bertz CT molecular complexity index is 621. The van der Waals surface area contributed by atoms with E-state index >= 15 is 0 Å². The Balaban J connectivity index is 1.51. The van der Waals surface area contributed by atoms with Gasteiger partial charge < -0.3 is 9.47 Å². The van der Waals surface area contributed by atoms with Crippen molar-refractivity contribution in [2.75, 3.05) is 13.1 Å². The molecule has 0 N–H and O–H groups in total. The van der Waals surface area contributed by atoms with Crippen LogP contribution in [0.2, 0.25) is 0 Å². The van der Waals surface area contributed by atoms with E-state index in [9.17, 15) is 4.79 Å². The number of imidazole rings is 1. The molecule has 0 aliphatic carbocycles. The number of aromatic nitrogens is 3. The van der Waals surface area contributed by atoms with Crippen molar-refractivity contribution in [1.29, 1.82) is 0 Å². The molecule has 1 unspecified atom stereocenters. The zero-order valence-electron chi connectivity index (χ0n) is 13.7. The molecule has 3 heterocycles. The standard InChI is InChI=1S/C18H24N4O/c1-15-4-5-16(12-20-15)11-17-3-2-8-22(13-17)18(23)6-9-21-10-7-19-14-21/h4-5,7,10,12,14,17H,2-3,6,8-9,11,13H2,1H3. The number of pyridine rings is 1. The molecular weight excluding hydrogens is 288 g/mol. The third-order valence-corrected chi connectivity index (χ3v) is 4.51. The number of hydrogen-bond acceptors (Lipinski definition) is 3. The Morgan fingerprint density at radius 2 is 2.30 bits per heavy atom. The number of carbonyl (C=O) groups excluding carboxylic acids is 1. The summed E-state index contributed by atoms with van der Waals surface area (Å²) in [6.07, 6.45) is 11.2. The SMILES string of the molecule is Cc1ccc(CC2CCCN(C(=O)CCn3ccnc3)C2)cn1. The number of nitrogens with zero attached hydrogens (tertiary/aromatic N) is 4. The molecule has 1 saturated heterocycles. The van der Waals surface area contributed by atoms with Gasteiger partial charge in [-0.2, -0.15) is 0 Å². The molecule has 0 aromatic carbocycles. The maximum absolute atomic E-state index is 12.4. The lowest BCUT2D eigenvalue weighted by Crippen LogP contribution is -2.40. The average Bonchev–Trinajstić information content (AvgIpc) is 3.08. The quantitative estimate of drug-likeness (QED) is 0.852. The summed E-state index contributed by atoms with van der Waals surface area (Å²) in [5.41, 5.74) is 2.32. The van der Waals surface area contributed by atoms with Gasteiger partial charge in [-0.05, 0) is 43.7 Å². The van der Waals surface area contributed by atoms with Gasteiger partial charge in [0.05, 0.1) is 6.33 Å². The highest BCUT2D eigenvalue weighted by Gasteiger charge is 2.23. The Morgan fingerprint density at radius 1 is 1.39 bits per heavy atom. The molecule has 23 heavy (non-hydrogen) atoms. The van der Waals surface area contributed by atoms with Crippen LogP contribution in [0.1, 0.15) is 30.5 Å². The minimum absolute atomic E-state index is 0.255. The topological polar surface area (TPSA) is 51.0 Å². The van der Waals surface area contributed by atoms with Crippen molar-refractivity contribution in [2.24, 2.45) is 5.92 Å². The molecule has 1 aliphatic rings. The van der Waals surface area contributed by atoms with Crippen LogP contribution < -0.4 is 0 Å². The minimum atomic E-state index is 0.255. The van der Waals surface area contributed by atoms with Gasteiger partial charge in [0.2, 0.25) is 5.91 Å². The monoisotopic (exact) mass is 312 g/mol. The maximum atomic E-state index is 12.4. The summed E-state index contributed by atoms with van der Waals surface area (Å²) in [5, 5.41) is 0. The fraction of sp³-hybridized carbons (Fsp3) is 0.500. The van der Waals surface area contributed by atoms with E-state index in [1.165, 1.54) is 12.0 Å². The highest BCUT2D eigenvalue weighted by molar-refractivity contribution is 5.76. The lowest BCUT2D eigenvalue weighted by molar-refractivity contribution is -0.133. The minimum Gasteiger partial charge on any atom is -0.342 e. The van der Waals surface area contributed by atoms with Crippen LogP contribution in [-0.2, 0) is 17.8 Å². The van der Waals surface area contributed by atoms with Gasteiger partial charge in [-0.3, -0.25) is 9.78 Å². The Hall–Kier alpha value is -2.17. The highest BCUT2D eigenvalue weighted by Crippen LogP contribution is 2.21. The van der Waals surface area contributed by atoms with E-state index in [4.69, 9.17) is 0 Å². The molecular formula is C18H24N4O. The summed E-state index contributed by atoms with van der Waals surface area (Å²) in [6, 6.07) is 4.22. The molecule has 1 amide bonds. The lowest BCUT2D eigenvalue weighted by Gasteiger charge is -2.33. The van der Waals surface area contributed by atoms with E-state index in [-0.39, 0.29) is 5.91 Å². The largest absolute Gasteiger partial charge is 0.342 e. The zero-order valence-corrected chi connectivity index (χ0v) is 13.7. The van der Waals surface area contributed by atoms with E-state index in [1.807, 2.05) is 28.8 Å². The number of aryl methyl sites for hydroxylation is 2. The van der Waals surface area contributed by atoms with E-state index < -0.39 is 0 Å². The molecule has 2 aromatic rings. The number of amides is 1. The second kappa shape index (κ2) is 7.40. The van der Waals surface area contributed by atoms with Crippen molar-refractivity contribution in [2.45, 2.75) is 39.2 Å². The highest BCUT2D eigenvalue weighted by atomic mass is 16.2. The number of piperidine rings is 1. The van der Waals surface area contributed by atoms with Crippen LogP contribution in [0.25, 0.3) is 0 Å². The number of likely N-dealkylation sites (tertiary alicyclic amines) is 1. The first kappa shape index (κ1) is 15.7. The fourth-order valence-corrected chi connectivity index (χ4v) is 3.21. The second-order valence-corrected chi connectivity index (χ2v) is 6.41. The predicted molar refractivity (Wildman–Crippen MR) is 88.8 cm³/mol. The summed E-state index contributed by atoms with van der Waals surface area (Å²) >= 11 is 0. The summed E-state index contributed by atoms with van der Waals surface area (Å²) in [6.45, 7) is 4.48. The molecule has 5 nitrogen and oxygen atoms in total. The maximum Gasteiger partial charge on any atom is 0.224 e. The van der Waals surface area contributed by atoms with Gasteiger partial charge in [0.15, 0.2) is 0 Å². The van der Waals surface area contributed by atoms with Crippen LogP contribution in [0.3, 0.4) is 0 Å². The number of carbonyl (C=O) groups is 1. The Kier molecular flexibility index (Phi) is 5.05. The second-order valence-electron chi connectivity index (χ2n) is 6.41. The number of rotatable bonds is 5. The van der Waals surface area contributed by atoms with Crippen LogP contribution in [0.15, 0.2) is 37.1 Å². The molecule has 0 bridgehead atoms. The molecule has 1 aliphatic heterocycles. The first-order valence-corrected chi connectivity index (χ1v) is 8.36. The van der Waals surface area contributed by atoms with Gasteiger partial charge in [0.1, 0.15) is 0 Å². The van der Waals surface area contributed by atoms with E-state index in [1.54, 1.807) is 12.5 Å². The molecule has 3 rings (SSSR count). The summed E-state index contributed by atoms with van der Waals surface area (Å²) in [5.74, 6) is 0.802. The van der Waals surface area contributed by atoms with E-state index in [2.05, 4.69) is 22.1 Å². The van der Waals surface area contributed by atoms with Gasteiger partial charge >= 0.3 is 0 Å².